The molecule has 0 aliphatic carbocycles. The van der Waals surface area contributed by atoms with Crippen LogP contribution in [0.4, 0.5) is 0 Å². The van der Waals surface area contributed by atoms with Crippen LogP contribution in [-0.2, 0) is 16.0 Å². The number of hydrogen-bond donors (Lipinski definition) is 0. The first-order valence-electron chi connectivity index (χ1n) is 9.45. The van der Waals surface area contributed by atoms with Gasteiger partial charge < -0.3 is 9.47 Å². The molecule has 0 spiro atoms. The van der Waals surface area contributed by atoms with Crippen molar-refractivity contribution in [3.05, 3.63) is 63.0 Å². The summed E-state index contributed by atoms with van der Waals surface area (Å²) >= 11 is 1.24. The quantitative estimate of drug-likeness (QED) is 0.413. The fourth-order valence-electron chi connectivity index (χ4n) is 2.83. The molecule has 0 amide bonds. The number of unbranched alkanes of at least 4 members (excludes halogenated alkanes) is 1. The number of carbonyl (C=O) groups is 2. The van der Waals surface area contributed by atoms with Gasteiger partial charge in [-0.3, -0.25) is 9.36 Å². The summed E-state index contributed by atoms with van der Waals surface area (Å²) in [5, 5.41) is 1.87. The minimum Gasteiger partial charge on any atom is -0.462 e. The number of benzene rings is 1. The second-order valence-electron chi connectivity index (χ2n) is 6.42. The predicted molar refractivity (Wildman–Crippen MR) is 111 cm³/mol. The topological polar surface area (TPSA) is 87.5 Å². The minimum atomic E-state index is -0.509. The maximum Gasteiger partial charge on any atom is 0.339 e. The van der Waals surface area contributed by atoms with E-state index in [1.165, 1.54) is 22.2 Å². The third-order valence-electron chi connectivity index (χ3n) is 4.30. The molecule has 8 heteroatoms. The third kappa shape index (κ3) is 4.71. The summed E-state index contributed by atoms with van der Waals surface area (Å²) in [6.45, 7) is 4.58. The maximum absolute atomic E-state index is 13.0. The lowest BCUT2D eigenvalue weighted by Gasteiger charge is -2.08. The Morgan fingerprint density at radius 1 is 1.17 bits per heavy atom. The molecule has 0 fully saturated rings. The van der Waals surface area contributed by atoms with Crippen molar-refractivity contribution in [1.29, 1.82) is 0 Å². The van der Waals surface area contributed by atoms with Gasteiger partial charge in [-0.25, -0.2) is 14.6 Å². The van der Waals surface area contributed by atoms with Gasteiger partial charge in [-0.15, -0.1) is 11.3 Å². The molecule has 0 N–H and O–H groups in total. The smallest absolute Gasteiger partial charge is 0.339 e. The van der Waals surface area contributed by atoms with Crippen molar-refractivity contribution in [2.24, 2.45) is 0 Å². The molecule has 1 aromatic carbocycles. The zero-order chi connectivity index (χ0) is 20.8. The molecule has 0 saturated heterocycles. The van der Waals surface area contributed by atoms with Crippen molar-refractivity contribution in [2.45, 2.75) is 33.2 Å². The summed E-state index contributed by atoms with van der Waals surface area (Å²) < 4.78 is 11.7. The molecular weight excluding hydrogens is 392 g/mol. The van der Waals surface area contributed by atoms with Crippen LogP contribution in [0.2, 0.25) is 0 Å². The molecule has 0 aliphatic rings. The molecule has 7 nitrogen and oxygen atoms in total. The first-order chi connectivity index (χ1) is 14.0. The Bertz CT molecular complexity index is 1090. The fourth-order valence-corrected chi connectivity index (χ4v) is 3.69. The van der Waals surface area contributed by atoms with Crippen LogP contribution >= 0.6 is 11.3 Å². The van der Waals surface area contributed by atoms with Crippen molar-refractivity contribution >= 4 is 33.5 Å². The van der Waals surface area contributed by atoms with Crippen molar-refractivity contribution < 1.29 is 19.1 Å². The molecule has 0 bridgehead atoms. The van der Waals surface area contributed by atoms with Gasteiger partial charge in [0, 0.05) is 5.38 Å². The summed E-state index contributed by atoms with van der Waals surface area (Å²) in [6.07, 6.45) is 3.13. The Morgan fingerprint density at radius 2 is 2.00 bits per heavy atom. The molecule has 3 aromatic rings. The summed E-state index contributed by atoms with van der Waals surface area (Å²) in [4.78, 5) is 42.1. The van der Waals surface area contributed by atoms with Crippen molar-refractivity contribution in [3.63, 3.8) is 0 Å². The van der Waals surface area contributed by atoms with Crippen LogP contribution in [0.1, 0.15) is 53.0 Å². The third-order valence-corrected chi connectivity index (χ3v) is 5.19. The zero-order valence-electron chi connectivity index (χ0n) is 16.3. The number of hydrogen-bond acceptors (Lipinski definition) is 7. The van der Waals surface area contributed by atoms with Gasteiger partial charge in [0.15, 0.2) is 0 Å². The number of fused-ring (bicyclic) bond motifs is 1. The lowest BCUT2D eigenvalue weighted by atomic mass is 10.1. The standard InChI is InChI=1S/C21H22N2O5S/c1-3-5-9-28-21(26)16-12-29-18-17(16)19(24)23(13-22-18)11-14-7-6-8-15(10-14)20(25)27-4-2/h6-8,10,12-13H,3-5,9,11H2,1-2H3. The monoisotopic (exact) mass is 414 g/mol. The van der Waals surface area contributed by atoms with E-state index in [2.05, 4.69) is 4.98 Å². The van der Waals surface area contributed by atoms with E-state index in [0.717, 1.165) is 18.4 Å². The number of esters is 2. The van der Waals surface area contributed by atoms with Gasteiger partial charge in [-0.1, -0.05) is 25.5 Å². The second kappa shape index (κ2) is 9.47. The first-order valence-corrected chi connectivity index (χ1v) is 10.3. The highest BCUT2D eigenvalue weighted by Gasteiger charge is 2.19. The first kappa shape index (κ1) is 20.7. The Labute approximate surface area is 171 Å². The van der Waals surface area contributed by atoms with Crippen molar-refractivity contribution in [1.82, 2.24) is 9.55 Å². The largest absolute Gasteiger partial charge is 0.462 e. The molecule has 2 aromatic heterocycles. The van der Waals surface area contributed by atoms with E-state index in [1.54, 1.807) is 30.5 Å². The molecule has 0 atom stereocenters. The molecule has 2 heterocycles. The Balaban J connectivity index is 1.89. The number of aromatic nitrogens is 2. The van der Waals surface area contributed by atoms with Gasteiger partial charge in [-0.2, -0.15) is 0 Å². The highest BCUT2D eigenvalue weighted by molar-refractivity contribution is 7.17. The van der Waals surface area contributed by atoms with E-state index >= 15 is 0 Å². The van der Waals surface area contributed by atoms with E-state index in [1.807, 2.05) is 13.0 Å². The van der Waals surface area contributed by atoms with E-state index in [4.69, 9.17) is 9.47 Å². The van der Waals surface area contributed by atoms with E-state index in [9.17, 15) is 14.4 Å². The number of rotatable bonds is 8. The van der Waals surface area contributed by atoms with Crippen LogP contribution in [0.25, 0.3) is 10.2 Å². The van der Waals surface area contributed by atoms with Crippen LogP contribution in [0.5, 0.6) is 0 Å². The molecule has 3 rings (SSSR count). The van der Waals surface area contributed by atoms with Crippen LogP contribution in [0.3, 0.4) is 0 Å². The summed E-state index contributed by atoms with van der Waals surface area (Å²) in [6, 6.07) is 6.89. The molecule has 0 unspecified atom stereocenters. The normalized spacial score (nSPS) is 10.8. The van der Waals surface area contributed by atoms with Gasteiger partial charge in [-0.05, 0) is 31.0 Å². The van der Waals surface area contributed by atoms with Crippen molar-refractivity contribution in [3.8, 4) is 0 Å². The van der Waals surface area contributed by atoms with E-state index < -0.39 is 11.9 Å². The van der Waals surface area contributed by atoms with Crippen LogP contribution in [0, 0.1) is 0 Å². The number of carbonyl (C=O) groups excluding carboxylic acids is 2. The molecule has 0 aliphatic heterocycles. The maximum atomic E-state index is 13.0. The van der Waals surface area contributed by atoms with Crippen molar-refractivity contribution in [2.75, 3.05) is 13.2 Å². The Hall–Kier alpha value is -3.00. The fraction of sp³-hybridized carbons (Fsp3) is 0.333. The second-order valence-corrected chi connectivity index (χ2v) is 7.28. The summed E-state index contributed by atoms with van der Waals surface area (Å²) in [5.41, 5.74) is 1.09. The highest BCUT2D eigenvalue weighted by Crippen LogP contribution is 2.22. The number of nitrogens with zero attached hydrogens (tertiary/aromatic N) is 2. The van der Waals surface area contributed by atoms with Gasteiger partial charge >= 0.3 is 11.9 Å². The van der Waals surface area contributed by atoms with Gasteiger partial charge in [0.1, 0.15) is 4.83 Å². The SMILES string of the molecule is CCCCOC(=O)c1csc2ncn(Cc3cccc(C(=O)OCC)c3)c(=O)c12. The van der Waals surface area contributed by atoms with E-state index in [0.29, 0.717) is 23.6 Å². The van der Waals surface area contributed by atoms with Gasteiger partial charge in [0.2, 0.25) is 0 Å². The minimum absolute atomic E-state index is 0.217. The van der Waals surface area contributed by atoms with E-state index in [-0.39, 0.29) is 23.1 Å². The number of thiophene rings is 1. The molecule has 0 saturated carbocycles. The highest BCUT2D eigenvalue weighted by atomic mass is 32.1. The summed E-state index contributed by atoms with van der Waals surface area (Å²) in [5.74, 6) is -0.920. The molecule has 152 valence electrons. The predicted octanol–water partition coefficient (Wildman–Crippen LogP) is 3.64. The van der Waals surface area contributed by atoms with Crippen LogP contribution in [-0.4, -0.2) is 34.7 Å². The average Bonchev–Trinajstić information content (AvgIpc) is 3.16. The molecular formula is C21H22N2O5S. The molecule has 0 radical (unpaired) electrons. The van der Waals surface area contributed by atoms with Gasteiger partial charge in [0.25, 0.3) is 5.56 Å². The zero-order valence-corrected chi connectivity index (χ0v) is 17.2. The lowest BCUT2D eigenvalue weighted by Crippen LogP contribution is -2.22. The van der Waals surface area contributed by atoms with Crippen LogP contribution < -0.4 is 5.56 Å². The lowest BCUT2D eigenvalue weighted by molar-refractivity contribution is 0.0499. The Morgan fingerprint density at radius 3 is 2.76 bits per heavy atom. The molecule has 29 heavy (non-hydrogen) atoms. The Kier molecular flexibility index (Phi) is 6.77. The average molecular weight is 414 g/mol. The number of ether oxygens (including phenoxy) is 2. The van der Waals surface area contributed by atoms with Gasteiger partial charge in [0.05, 0.1) is 42.6 Å². The summed E-state index contributed by atoms with van der Waals surface area (Å²) in [7, 11) is 0. The van der Waals surface area contributed by atoms with Crippen LogP contribution in [0.15, 0.2) is 40.8 Å².